The van der Waals surface area contributed by atoms with Crippen molar-refractivity contribution in [2.75, 3.05) is 6.61 Å². The lowest BCUT2D eigenvalue weighted by atomic mass is 10.1. The van der Waals surface area contributed by atoms with Crippen molar-refractivity contribution in [1.29, 1.82) is 0 Å². The van der Waals surface area contributed by atoms with E-state index in [0.717, 1.165) is 23.0 Å². The Labute approximate surface area is 119 Å². The Morgan fingerprint density at radius 3 is 2.65 bits per heavy atom. The Hall–Kier alpha value is -1.81. The van der Waals surface area contributed by atoms with Crippen LogP contribution in [0.3, 0.4) is 0 Å². The average Bonchev–Trinajstić information content (AvgIpc) is 2.66. The summed E-state index contributed by atoms with van der Waals surface area (Å²) in [5.74, 6) is -0.807. The fraction of sp³-hybridized carbons (Fsp3) is 0.438. The van der Waals surface area contributed by atoms with E-state index in [0.29, 0.717) is 6.61 Å². The molecule has 0 amide bonds. The molecule has 0 aliphatic heterocycles. The number of ether oxygens (including phenoxy) is 1. The van der Waals surface area contributed by atoms with Crippen LogP contribution in [0, 0.1) is 0 Å². The molecule has 0 spiro atoms. The lowest BCUT2D eigenvalue weighted by molar-refractivity contribution is -0.136. The van der Waals surface area contributed by atoms with Crippen molar-refractivity contribution in [3.8, 4) is 0 Å². The highest BCUT2D eigenvalue weighted by Crippen LogP contribution is 2.22. The molecule has 0 bridgehead atoms. The Morgan fingerprint density at radius 2 is 2.00 bits per heavy atom. The first-order valence-corrected chi connectivity index (χ1v) is 6.79. The van der Waals surface area contributed by atoms with Crippen molar-refractivity contribution in [2.45, 2.75) is 39.3 Å². The summed E-state index contributed by atoms with van der Waals surface area (Å²) in [5.41, 5.74) is 1.75. The molecule has 0 unspecified atom stereocenters. The van der Waals surface area contributed by atoms with Crippen LogP contribution in [0.25, 0.3) is 10.9 Å². The minimum absolute atomic E-state index is 0.0492. The van der Waals surface area contributed by atoms with Gasteiger partial charge in [-0.25, -0.2) is 0 Å². The van der Waals surface area contributed by atoms with E-state index in [4.69, 9.17) is 9.84 Å². The number of aromatic nitrogens is 1. The van der Waals surface area contributed by atoms with Crippen LogP contribution in [0.2, 0.25) is 0 Å². The smallest absolute Gasteiger partial charge is 0.307 e. The molecule has 108 valence electrons. The van der Waals surface area contributed by atoms with Crippen LogP contribution in [0.1, 0.15) is 26.3 Å². The van der Waals surface area contributed by atoms with Gasteiger partial charge in [-0.05, 0) is 32.4 Å². The Balaban J connectivity index is 2.22. The second-order valence-electron chi connectivity index (χ2n) is 5.90. The number of rotatable bonds is 5. The summed E-state index contributed by atoms with van der Waals surface area (Å²) < 4.78 is 7.80. The van der Waals surface area contributed by atoms with Gasteiger partial charge in [-0.3, -0.25) is 4.79 Å². The van der Waals surface area contributed by atoms with Crippen LogP contribution in [0.5, 0.6) is 0 Å². The van der Waals surface area contributed by atoms with Crippen molar-refractivity contribution in [3.05, 3.63) is 36.0 Å². The zero-order valence-electron chi connectivity index (χ0n) is 12.2. The highest BCUT2D eigenvalue weighted by molar-refractivity contribution is 5.87. The molecule has 0 fully saturated rings. The van der Waals surface area contributed by atoms with Gasteiger partial charge < -0.3 is 14.4 Å². The zero-order chi connectivity index (χ0) is 14.8. The molecule has 4 heteroatoms. The fourth-order valence-electron chi connectivity index (χ4n) is 2.26. The number of hydrogen-bond acceptors (Lipinski definition) is 2. The first kappa shape index (κ1) is 14.6. The summed E-state index contributed by atoms with van der Waals surface area (Å²) in [6, 6.07) is 7.88. The van der Waals surface area contributed by atoms with Gasteiger partial charge >= 0.3 is 5.97 Å². The Bertz CT molecular complexity index is 608. The molecule has 1 aromatic heterocycles. The van der Waals surface area contributed by atoms with Gasteiger partial charge in [0.2, 0.25) is 0 Å². The molecule has 2 rings (SSSR count). The van der Waals surface area contributed by atoms with E-state index in [1.165, 1.54) is 0 Å². The number of carboxylic acids is 1. The largest absolute Gasteiger partial charge is 0.481 e. The molecule has 20 heavy (non-hydrogen) atoms. The SMILES string of the molecule is CC(C)(C)OCCn1cc(CC(=O)O)c2ccccc21. The number of carbonyl (C=O) groups is 1. The molecule has 0 saturated heterocycles. The summed E-state index contributed by atoms with van der Waals surface area (Å²) >= 11 is 0. The highest BCUT2D eigenvalue weighted by Gasteiger charge is 2.13. The van der Waals surface area contributed by atoms with Crippen LogP contribution >= 0.6 is 0 Å². The Kier molecular flexibility index (Phi) is 4.14. The maximum absolute atomic E-state index is 10.9. The predicted molar refractivity (Wildman–Crippen MR) is 79.0 cm³/mol. The first-order valence-electron chi connectivity index (χ1n) is 6.79. The minimum Gasteiger partial charge on any atom is -0.481 e. The molecule has 2 aromatic rings. The van der Waals surface area contributed by atoms with Crippen LogP contribution in [-0.2, 0) is 22.5 Å². The second kappa shape index (κ2) is 5.67. The average molecular weight is 275 g/mol. The van der Waals surface area contributed by atoms with Crippen molar-refractivity contribution in [2.24, 2.45) is 0 Å². The predicted octanol–water partition coefficient (Wildman–Crippen LogP) is 3.08. The molecule has 0 aliphatic carbocycles. The van der Waals surface area contributed by atoms with Crippen molar-refractivity contribution in [1.82, 2.24) is 4.57 Å². The van der Waals surface area contributed by atoms with Gasteiger partial charge in [-0.1, -0.05) is 18.2 Å². The van der Waals surface area contributed by atoms with E-state index in [2.05, 4.69) is 4.57 Å². The number of nitrogens with zero attached hydrogens (tertiary/aromatic N) is 1. The lowest BCUT2D eigenvalue weighted by Crippen LogP contribution is -2.21. The fourth-order valence-corrected chi connectivity index (χ4v) is 2.26. The second-order valence-corrected chi connectivity index (χ2v) is 5.90. The first-order chi connectivity index (χ1) is 9.37. The van der Waals surface area contributed by atoms with Gasteiger partial charge in [-0.15, -0.1) is 0 Å². The third-order valence-electron chi connectivity index (χ3n) is 3.08. The van der Waals surface area contributed by atoms with Gasteiger partial charge in [-0.2, -0.15) is 0 Å². The molecule has 1 heterocycles. The van der Waals surface area contributed by atoms with E-state index in [-0.39, 0.29) is 12.0 Å². The van der Waals surface area contributed by atoms with E-state index < -0.39 is 5.97 Å². The van der Waals surface area contributed by atoms with E-state index in [9.17, 15) is 4.79 Å². The topological polar surface area (TPSA) is 51.5 Å². The number of aliphatic carboxylic acids is 1. The maximum atomic E-state index is 10.9. The van der Waals surface area contributed by atoms with Crippen LogP contribution in [0.4, 0.5) is 0 Å². The normalized spacial score (nSPS) is 11.9. The third kappa shape index (κ3) is 3.61. The van der Waals surface area contributed by atoms with Gasteiger partial charge in [0.15, 0.2) is 0 Å². The van der Waals surface area contributed by atoms with E-state index >= 15 is 0 Å². The van der Waals surface area contributed by atoms with Crippen LogP contribution in [-0.4, -0.2) is 27.9 Å². The molecule has 1 N–H and O–H groups in total. The quantitative estimate of drug-likeness (QED) is 0.912. The summed E-state index contributed by atoms with van der Waals surface area (Å²) in [4.78, 5) is 10.9. The summed E-state index contributed by atoms with van der Waals surface area (Å²) in [6.45, 7) is 7.40. The number of para-hydroxylation sites is 1. The summed E-state index contributed by atoms with van der Waals surface area (Å²) in [7, 11) is 0. The van der Waals surface area contributed by atoms with Crippen molar-refractivity contribution in [3.63, 3.8) is 0 Å². The number of carboxylic acid groups (broad SMARTS) is 1. The van der Waals surface area contributed by atoms with Gasteiger partial charge in [0, 0.05) is 23.6 Å². The van der Waals surface area contributed by atoms with Gasteiger partial charge in [0.1, 0.15) is 0 Å². The molecule has 0 saturated carbocycles. The molecule has 0 aliphatic rings. The zero-order valence-corrected chi connectivity index (χ0v) is 12.2. The molecule has 0 radical (unpaired) electrons. The molecule has 0 atom stereocenters. The van der Waals surface area contributed by atoms with Crippen molar-refractivity contribution >= 4 is 16.9 Å². The van der Waals surface area contributed by atoms with Crippen molar-refractivity contribution < 1.29 is 14.6 Å². The van der Waals surface area contributed by atoms with Gasteiger partial charge in [0.25, 0.3) is 0 Å². The maximum Gasteiger partial charge on any atom is 0.307 e. The monoisotopic (exact) mass is 275 g/mol. The highest BCUT2D eigenvalue weighted by atomic mass is 16.5. The Morgan fingerprint density at radius 1 is 1.30 bits per heavy atom. The molecular weight excluding hydrogens is 254 g/mol. The number of hydrogen-bond donors (Lipinski definition) is 1. The van der Waals surface area contributed by atoms with Crippen LogP contribution < -0.4 is 0 Å². The number of benzene rings is 1. The minimum atomic E-state index is -0.807. The van der Waals surface area contributed by atoms with Crippen LogP contribution in [0.15, 0.2) is 30.5 Å². The lowest BCUT2D eigenvalue weighted by Gasteiger charge is -2.19. The molecule has 4 nitrogen and oxygen atoms in total. The summed E-state index contributed by atoms with van der Waals surface area (Å²) in [5, 5.41) is 9.99. The molecular formula is C16H21NO3. The van der Waals surface area contributed by atoms with Gasteiger partial charge in [0.05, 0.1) is 18.6 Å². The van der Waals surface area contributed by atoms with E-state index in [1.54, 1.807) is 0 Å². The summed E-state index contributed by atoms with van der Waals surface area (Å²) in [6.07, 6.45) is 1.97. The number of fused-ring (bicyclic) bond motifs is 1. The third-order valence-corrected chi connectivity index (χ3v) is 3.08. The molecule has 1 aromatic carbocycles. The standard InChI is InChI=1S/C16H21NO3/c1-16(2,3)20-9-8-17-11-12(10-15(18)19)13-6-4-5-7-14(13)17/h4-7,11H,8-10H2,1-3H3,(H,18,19). The van der Waals surface area contributed by atoms with E-state index in [1.807, 2.05) is 51.2 Å².